The van der Waals surface area contributed by atoms with Gasteiger partial charge < -0.3 is 19.9 Å². The molecule has 2 atom stereocenters. The fourth-order valence-electron chi connectivity index (χ4n) is 4.24. The van der Waals surface area contributed by atoms with Crippen LogP contribution in [0.2, 0.25) is 5.02 Å². The van der Waals surface area contributed by atoms with E-state index in [4.69, 9.17) is 26.1 Å². The molecule has 9 nitrogen and oxygen atoms in total. The summed E-state index contributed by atoms with van der Waals surface area (Å²) in [6.45, 7) is 7.22. The number of rotatable bonds is 8. The Kier molecular flexibility index (Phi) is 7.44. The van der Waals surface area contributed by atoms with Crippen molar-refractivity contribution in [3.63, 3.8) is 0 Å². The lowest BCUT2D eigenvalue weighted by Crippen LogP contribution is -2.42. The molecule has 0 bridgehead atoms. The number of aromatic nitrogens is 3. The molecule has 1 aliphatic rings. The molecule has 0 saturated heterocycles. The number of amides is 1. The van der Waals surface area contributed by atoms with Gasteiger partial charge in [0.2, 0.25) is 5.91 Å². The van der Waals surface area contributed by atoms with Crippen LogP contribution in [0.4, 0.5) is 0 Å². The molecular weight excluding hydrogens is 482 g/mol. The van der Waals surface area contributed by atoms with Gasteiger partial charge in [-0.15, -0.1) is 10.2 Å². The van der Waals surface area contributed by atoms with Gasteiger partial charge in [0, 0.05) is 22.7 Å². The number of nitrogens with zero attached hydrogens (tertiary/aromatic N) is 4. The minimum absolute atomic E-state index is 0.0467. The van der Waals surface area contributed by atoms with Crippen molar-refractivity contribution in [3.05, 3.63) is 70.3 Å². The highest BCUT2D eigenvalue weighted by Crippen LogP contribution is 2.34. The lowest BCUT2D eigenvalue weighted by molar-refractivity contribution is -0.162. The van der Waals surface area contributed by atoms with Crippen molar-refractivity contribution < 1.29 is 19.4 Å². The number of hydrogen-bond acceptors (Lipinski definition) is 7. The third-order valence-corrected chi connectivity index (χ3v) is 6.08. The molecule has 2 aromatic carbocycles. The van der Waals surface area contributed by atoms with Gasteiger partial charge in [0.05, 0.1) is 30.5 Å². The number of aliphatic hydroxyl groups excluding tert-OH is 1. The Labute approximate surface area is 215 Å². The number of benzene rings is 2. The normalized spacial score (nSPS) is 15.9. The van der Waals surface area contributed by atoms with Gasteiger partial charge >= 0.3 is 0 Å². The first kappa shape index (κ1) is 25.8. The molecule has 10 heteroatoms. The fourth-order valence-corrected chi connectivity index (χ4v) is 4.37. The minimum Gasteiger partial charge on any atom is -0.497 e. The fraction of sp³-hybridized carbons (Fsp3) is 0.385. The van der Waals surface area contributed by atoms with Gasteiger partial charge in [-0.05, 0) is 58.0 Å². The number of nitrogens with one attached hydrogen (secondary N) is 1. The van der Waals surface area contributed by atoms with Crippen molar-refractivity contribution in [1.29, 1.82) is 0 Å². The summed E-state index contributed by atoms with van der Waals surface area (Å²) >= 11 is 6.15. The number of aliphatic imine (C=N–C) groups is 1. The molecule has 2 N–H and O–H groups in total. The predicted molar refractivity (Wildman–Crippen MR) is 137 cm³/mol. The largest absolute Gasteiger partial charge is 0.497 e. The van der Waals surface area contributed by atoms with E-state index >= 15 is 0 Å². The maximum absolute atomic E-state index is 13.0. The minimum atomic E-state index is -0.942. The van der Waals surface area contributed by atoms with Gasteiger partial charge in [-0.2, -0.15) is 0 Å². The van der Waals surface area contributed by atoms with E-state index in [1.165, 1.54) is 6.92 Å². The van der Waals surface area contributed by atoms with Gasteiger partial charge in [0.25, 0.3) is 0 Å². The molecule has 0 fully saturated rings. The van der Waals surface area contributed by atoms with Crippen molar-refractivity contribution >= 4 is 23.2 Å². The first-order chi connectivity index (χ1) is 17.1. The molecule has 36 heavy (non-hydrogen) atoms. The van der Waals surface area contributed by atoms with E-state index in [1.54, 1.807) is 33.1 Å². The van der Waals surface area contributed by atoms with Gasteiger partial charge in [0.15, 0.2) is 12.1 Å². The third kappa shape index (κ3) is 5.59. The number of hydrogen-bond donors (Lipinski definition) is 2. The molecule has 190 valence electrons. The molecule has 3 aromatic rings. The highest BCUT2D eigenvalue weighted by atomic mass is 35.5. The summed E-state index contributed by atoms with van der Waals surface area (Å²) in [5.41, 5.74) is 2.48. The molecule has 2 heterocycles. The first-order valence-electron chi connectivity index (χ1n) is 11.6. The van der Waals surface area contributed by atoms with Crippen LogP contribution in [0.3, 0.4) is 0 Å². The van der Waals surface area contributed by atoms with E-state index in [0.717, 1.165) is 16.8 Å². The molecule has 0 saturated carbocycles. The topological polar surface area (TPSA) is 111 Å². The zero-order chi connectivity index (χ0) is 26.0. The first-order valence-corrected chi connectivity index (χ1v) is 12.0. The molecule has 1 aromatic heterocycles. The van der Waals surface area contributed by atoms with Gasteiger partial charge in [-0.3, -0.25) is 14.4 Å². The summed E-state index contributed by atoms with van der Waals surface area (Å²) < 4.78 is 12.9. The molecule has 1 unspecified atom stereocenters. The molecule has 0 radical (unpaired) electrons. The van der Waals surface area contributed by atoms with Crippen LogP contribution < -0.4 is 10.1 Å². The average molecular weight is 512 g/mol. The second kappa shape index (κ2) is 10.4. The highest BCUT2D eigenvalue weighted by molar-refractivity contribution is 6.30. The molecule has 0 spiro atoms. The summed E-state index contributed by atoms with van der Waals surface area (Å²) in [5.74, 6) is 1.70. The Bertz CT molecular complexity index is 1280. The number of halogens is 1. The van der Waals surface area contributed by atoms with Crippen molar-refractivity contribution in [2.24, 2.45) is 4.99 Å². The number of aryl methyl sites for hydroxylation is 1. The van der Waals surface area contributed by atoms with Gasteiger partial charge in [-0.25, -0.2) is 0 Å². The SMILES string of the molecule is COc1ccc2c(c1)C(c1ccc(Cl)cc1)=N[C@@H](CC(=O)NCC(C)(C)OC(C)O)c1nnc(C)n1-2. The van der Waals surface area contributed by atoms with E-state index in [9.17, 15) is 9.90 Å². The summed E-state index contributed by atoms with van der Waals surface area (Å²) in [6.07, 6.45) is -0.896. The lowest BCUT2D eigenvalue weighted by Gasteiger charge is -2.27. The summed E-state index contributed by atoms with van der Waals surface area (Å²) in [7, 11) is 1.61. The summed E-state index contributed by atoms with van der Waals surface area (Å²) in [6, 6.07) is 12.5. The second-order valence-electron chi connectivity index (χ2n) is 9.28. The maximum atomic E-state index is 13.0. The van der Waals surface area contributed by atoms with Gasteiger partial charge in [-0.1, -0.05) is 23.7 Å². The van der Waals surface area contributed by atoms with Crippen molar-refractivity contribution in [1.82, 2.24) is 20.1 Å². The lowest BCUT2D eigenvalue weighted by atomic mass is 10.00. The Morgan fingerprint density at radius 3 is 2.61 bits per heavy atom. The van der Waals surface area contributed by atoms with E-state index in [-0.39, 0.29) is 18.9 Å². The van der Waals surface area contributed by atoms with Crippen LogP contribution in [0.1, 0.15) is 56.0 Å². The number of fused-ring (bicyclic) bond motifs is 3. The van der Waals surface area contributed by atoms with E-state index in [1.807, 2.05) is 41.8 Å². The smallest absolute Gasteiger partial charge is 0.222 e. The van der Waals surface area contributed by atoms with Gasteiger partial charge in [0.1, 0.15) is 17.6 Å². The maximum Gasteiger partial charge on any atom is 0.222 e. The third-order valence-electron chi connectivity index (χ3n) is 5.83. The van der Waals surface area contributed by atoms with E-state index < -0.39 is 17.9 Å². The molecule has 1 amide bonds. The number of carbonyl (C=O) groups excluding carboxylic acids is 1. The Hall–Kier alpha value is -3.27. The van der Waals surface area contributed by atoms with Crippen molar-refractivity contribution in [3.8, 4) is 11.4 Å². The van der Waals surface area contributed by atoms with Crippen LogP contribution in [0.15, 0.2) is 47.5 Å². The van der Waals surface area contributed by atoms with Crippen LogP contribution >= 0.6 is 11.6 Å². The van der Waals surface area contributed by atoms with Crippen LogP contribution in [0, 0.1) is 6.92 Å². The zero-order valence-corrected chi connectivity index (χ0v) is 21.7. The monoisotopic (exact) mass is 511 g/mol. The summed E-state index contributed by atoms with van der Waals surface area (Å²) in [4.78, 5) is 18.1. The van der Waals surface area contributed by atoms with Crippen LogP contribution in [0.5, 0.6) is 5.75 Å². The zero-order valence-electron chi connectivity index (χ0n) is 20.9. The van der Waals surface area contributed by atoms with Crippen LogP contribution in [0.25, 0.3) is 5.69 Å². The Balaban J connectivity index is 1.75. The molecule has 0 aliphatic carbocycles. The summed E-state index contributed by atoms with van der Waals surface area (Å²) in [5, 5.41) is 21.7. The van der Waals surface area contributed by atoms with Crippen molar-refractivity contribution in [2.45, 2.75) is 52.0 Å². The molecular formula is C26H30ClN5O4. The number of ether oxygens (including phenoxy) is 2. The molecule has 4 rings (SSSR count). The van der Waals surface area contributed by atoms with Crippen LogP contribution in [-0.4, -0.2) is 57.0 Å². The standard InChI is InChI=1S/C26H30ClN5O4/c1-15-30-31-25-21(13-23(34)28-14-26(3,4)36-16(2)33)29-24(17-6-8-18(27)9-7-17)20-12-19(35-5)10-11-22(20)32(15)25/h6-12,16,21,33H,13-14H2,1-5H3,(H,28,34)/t16?,21-/m0/s1. The number of aliphatic hydroxyl groups is 1. The van der Waals surface area contributed by atoms with E-state index in [2.05, 4.69) is 15.5 Å². The van der Waals surface area contributed by atoms with Crippen molar-refractivity contribution in [2.75, 3.05) is 13.7 Å². The number of carbonyl (C=O) groups is 1. The predicted octanol–water partition coefficient (Wildman–Crippen LogP) is 3.77. The second-order valence-corrected chi connectivity index (χ2v) is 9.72. The number of methoxy groups -OCH3 is 1. The Morgan fingerprint density at radius 1 is 1.22 bits per heavy atom. The van der Waals surface area contributed by atoms with Crippen LogP contribution in [-0.2, 0) is 9.53 Å². The Morgan fingerprint density at radius 2 is 1.94 bits per heavy atom. The van der Waals surface area contributed by atoms with E-state index in [0.29, 0.717) is 28.1 Å². The quantitative estimate of drug-likeness (QED) is 0.445. The molecule has 1 aliphatic heterocycles. The highest BCUT2D eigenvalue weighted by Gasteiger charge is 2.30. The average Bonchev–Trinajstić information content (AvgIpc) is 3.14.